The summed E-state index contributed by atoms with van der Waals surface area (Å²) in [5, 5.41) is 12.6. The lowest BCUT2D eigenvalue weighted by Crippen LogP contribution is -2.21. The first-order valence-corrected chi connectivity index (χ1v) is 11.1. The fourth-order valence-electron chi connectivity index (χ4n) is 3.82. The maximum absolute atomic E-state index is 15.4. The summed E-state index contributed by atoms with van der Waals surface area (Å²) in [7, 11) is 6.50. The van der Waals surface area contributed by atoms with Crippen LogP contribution in [0.4, 0.5) is 4.39 Å². The van der Waals surface area contributed by atoms with Crippen LogP contribution in [0.25, 0.3) is 5.95 Å². The van der Waals surface area contributed by atoms with E-state index in [4.69, 9.17) is 14.9 Å². The molecule has 0 aliphatic heterocycles. The largest absolute Gasteiger partial charge is 0.493 e. The van der Waals surface area contributed by atoms with Gasteiger partial charge in [-0.15, -0.1) is 9.78 Å². The number of nitrogens with one attached hydrogen (secondary N) is 2. The van der Waals surface area contributed by atoms with Gasteiger partial charge in [-0.3, -0.25) is 10.4 Å². The maximum atomic E-state index is 15.4. The van der Waals surface area contributed by atoms with Crippen molar-refractivity contribution in [3.63, 3.8) is 0 Å². The molecule has 0 spiro atoms. The second kappa shape index (κ2) is 10.4. The van der Waals surface area contributed by atoms with Gasteiger partial charge in [0.1, 0.15) is 17.5 Å². The third-order valence-electron chi connectivity index (χ3n) is 5.70. The zero-order valence-corrected chi connectivity index (χ0v) is 20.3. The number of aromatic nitrogens is 5. The van der Waals surface area contributed by atoms with E-state index in [0.717, 1.165) is 15.8 Å². The van der Waals surface area contributed by atoms with E-state index >= 15 is 4.39 Å². The number of hydrogen-bond acceptors (Lipinski definition) is 7. The standard InChI is InChI=1S/C25H26FN7O3/c1-32(2)22(27)16-8-6-15(7-9-16)12-18(17-13-20(35-3)21(36-4)14-19(17)26)23-30-25(34)33(31-23)24-28-10-5-11-29-24/h5-11,13-14,18,27H,12H2,1-4H3,(H,30,31,34). The Morgan fingerprint density at radius 3 is 2.36 bits per heavy atom. The summed E-state index contributed by atoms with van der Waals surface area (Å²) in [5.74, 6) is 0.0981. The van der Waals surface area contributed by atoms with Crippen LogP contribution in [0.3, 0.4) is 0 Å². The summed E-state index contributed by atoms with van der Waals surface area (Å²) in [6.07, 6.45) is 3.31. The minimum Gasteiger partial charge on any atom is -0.493 e. The Morgan fingerprint density at radius 2 is 1.75 bits per heavy atom. The molecule has 0 bridgehead atoms. The normalized spacial score (nSPS) is 11.7. The summed E-state index contributed by atoms with van der Waals surface area (Å²) in [6, 6.07) is 11.8. The topological polar surface area (TPSA) is 122 Å². The van der Waals surface area contributed by atoms with E-state index in [2.05, 4.69) is 20.1 Å². The van der Waals surface area contributed by atoms with Crippen molar-refractivity contribution in [1.82, 2.24) is 29.6 Å². The molecule has 186 valence electrons. The predicted octanol–water partition coefficient (Wildman–Crippen LogP) is 2.77. The maximum Gasteiger partial charge on any atom is 0.350 e. The molecule has 2 N–H and O–H groups in total. The van der Waals surface area contributed by atoms with Crippen molar-refractivity contribution in [3.05, 3.63) is 93.7 Å². The Hall–Kier alpha value is -4.54. The molecule has 4 aromatic rings. The highest BCUT2D eigenvalue weighted by Crippen LogP contribution is 2.36. The van der Waals surface area contributed by atoms with Crippen LogP contribution in [0.2, 0.25) is 0 Å². The molecule has 0 fully saturated rings. The number of H-pyrrole nitrogens is 1. The molecule has 0 aliphatic rings. The SMILES string of the molecule is COc1cc(F)c(C(Cc2ccc(C(=N)N(C)C)cc2)c2nn(-c3ncccn3)c(=O)[nH]2)cc1OC. The molecular weight excluding hydrogens is 465 g/mol. The van der Waals surface area contributed by atoms with E-state index in [0.29, 0.717) is 18.0 Å². The van der Waals surface area contributed by atoms with Gasteiger partial charge in [0.15, 0.2) is 11.5 Å². The average Bonchev–Trinajstić information content (AvgIpc) is 3.28. The number of rotatable bonds is 8. The molecule has 1 atom stereocenters. The lowest BCUT2D eigenvalue weighted by atomic mass is 9.90. The number of methoxy groups -OCH3 is 2. The molecule has 1 unspecified atom stereocenters. The molecule has 4 rings (SSSR count). The van der Waals surface area contributed by atoms with Crippen molar-refractivity contribution in [1.29, 1.82) is 5.41 Å². The molecule has 36 heavy (non-hydrogen) atoms. The van der Waals surface area contributed by atoms with Crippen LogP contribution < -0.4 is 15.2 Å². The third-order valence-corrected chi connectivity index (χ3v) is 5.70. The lowest BCUT2D eigenvalue weighted by molar-refractivity contribution is 0.351. The van der Waals surface area contributed by atoms with Gasteiger partial charge in [-0.1, -0.05) is 24.3 Å². The highest BCUT2D eigenvalue weighted by molar-refractivity contribution is 5.95. The highest BCUT2D eigenvalue weighted by atomic mass is 19.1. The quantitative estimate of drug-likeness (QED) is 0.287. The summed E-state index contributed by atoms with van der Waals surface area (Å²) < 4.78 is 27.0. The van der Waals surface area contributed by atoms with Crippen LogP contribution >= 0.6 is 0 Å². The molecular formula is C25H26FN7O3. The molecule has 10 nitrogen and oxygen atoms in total. The van der Waals surface area contributed by atoms with Gasteiger partial charge in [0.05, 0.1) is 20.1 Å². The zero-order valence-electron chi connectivity index (χ0n) is 20.3. The van der Waals surface area contributed by atoms with Gasteiger partial charge in [0.2, 0.25) is 0 Å². The van der Waals surface area contributed by atoms with E-state index in [1.54, 1.807) is 31.1 Å². The summed E-state index contributed by atoms with van der Waals surface area (Å²) >= 11 is 0. The first-order chi connectivity index (χ1) is 17.3. The number of nitrogens with zero attached hydrogens (tertiary/aromatic N) is 5. The van der Waals surface area contributed by atoms with Gasteiger partial charge in [0.25, 0.3) is 5.95 Å². The van der Waals surface area contributed by atoms with Gasteiger partial charge in [-0.05, 0) is 24.1 Å². The number of ether oxygens (including phenoxy) is 2. The van der Waals surface area contributed by atoms with Crippen molar-refractivity contribution in [2.45, 2.75) is 12.3 Å². The zero-order chi connectivity index (χ0) is 25.8. The second-order valence-corrected chi connectivity index (χ2v) is 8.20. The fourth-order valence-corrected chi connectivity index (χ4v) is 3.82. The van der Waals surface area contributed by atoms with Crippen LogP contribution in [0, 0.1) is 11.2 Å². The molecule has 11 heteroatoms. The van der Waals surface area contributed by atoms with Crippen molar-refractivity contribution in [3.8, 4) is 17.4 Å². The number of aromatic amines is 1. The predicted molar refractivity (Wildman–Crippen MR) is 132 cm³/mol. The van der Waals surface area contributed by atoms with Crippen molar-refractivity contribution < 1.29 is 13.9 Å². The smallest absolute Gasteiger partial charge is 0.350 e. The number of amidine groups is 1. The van der Waals surface area contributed by atoms with Crippen LogP contribution in [-0.4, -0.2) is 63.8 Å². The lowest BCUT2D eigenvalue weighted by Gasteiger charge is -2.19. The number of halogens is 1. The third kappa shape index (κ3) is 4.95. The molecule has 0 amide bonds. The van der Waals surface area contributed by atoms with Gasteiger partial charge in [0, 0.05) is 43.7 Å². The molecule has 0 saturated carbocycles. The number of benzene rings is 2. The highest BCUT2D eigenvalue weighted by Gasteiger charge is 2.26. The average molecular weight is 492 g/mol. The van der Waals surface area contributed by atoms with Crippen LogP contribution in [0.15, 0.2) is 59.7 Å². The number of hydrogen-bond donors (Lipinski definition) is 2. The van der Waals surface area contributed by atoms with Gasteiger partial charge in [-0.25, -0.2) is 19.2 Å². The Labute approximate surface area is 206 Å². The molecule has 0 aliphatic carbocycles. The molecule has 2 aromatic heterocycles. The van der Waals surface area contributed by atoms with E-state index in [9.17, 15) is 4.79 Å². The van der Waals surface area contributed by atoms with E-state index in [1.807, 2.05) is 24.3 Å². The monoisotopic (exact) mass is 491 g/mol. The first kappa shape index (κ1) is 24.6. The molecule has 0 radical (unpaired) electrons. The Bertz CT molecular complexity index is 1420. The van der Waals surface area contributed by atoms with Crippen molar-refractivity contribution in [2.75, 3.05) is 28.3 Å². The Kier molecular flexibility index (Phi) is 7.09. The Balaban J connectivity index is 1.80. The first-order valence-electron chi connectivity index (χ1n) is 11.1. The second-order valence-electron chi connectivity index (χ2n) is 8.20. The fraction of sp³-hybridized carbons (Fsp3) is 0.240. The van der Waals surface area contributed by atoms with Crippen LogP contribution in [0.5, 0.6) is 11.5 Å². The molecule has 2 heterocycles. The minimum atomic E-state index is -0.679. The van der Waals surface area contributed by atoms with Gasteiger partial charge >= 0.3 is 5.69 Å². The summed E-state index contributed by atoms with van der Waals surface area (Å²) in [6.45, 7) is 0. The van der Waals surface area contributed by atoms with Crippen LogP contribution in [0.1, 0.15) is 28.4 Å². The van der Waals surface area contributed by atoms with E-state index < -0.39 is 17.4 Å². The van der Waals surface area contributed by atoms with Crippen molar-refractivity contribution >= 4 is 5.84 Å². The summed E-state index contributed by atoms with van der Waals surface area (Å²) in [4.78, 5) is 25.3. The summed E-state index contributed by atoms with van der Waals surface area (Å²) in [5.41, 5.74) is 1.33. The van der Waals surface area contributed by atoms with E-state index in [-0.39, 0.29) is 23.1 Å². The molecule has 2 aromatic carbocycles. The van der Waals surface area contributed by atoms with Crippen molar-refractivity contribution in [2.24, 2.45) is 0 Å². The van der Waals surface area contributed by atoms with Gasteiger partial charge < -0.3 is 14.4 Å². The van der Waals surface area contributed by atoms with E-state index in [1.165, 1.54) is 32.7 Å². The van der Waals surface area contributed by atoms with Crippen LogP contribution in [-0.2, 0) is 6.42 Å². The van der Waals surface area contributed by atoms with Gasteiger partial charge in [-0.2, -0.15) is 0 Å². The minimum absolute atomic E-state index is 0.100. The molecule has 0 saturated heterocycles. The Morgan fingerprint density at radius 1 is 1.11 bits per heavy atom.